The van der Waals surface area contributed by atoms with E-state index in [1.807, 2.05) is 30.9 Å². The summed E-state index contributed by atoms with van der Waals surface area (Å²) in [5.74, 6) is 0.870. The predicted molar refractivity (Wildman–Crippen MR) is 85.8 cm³/mol. The Morgan fingerprint density at radius 1 is 1.38 bits per heavy atom. The van der Waals surface area contributed by atoms with Crippen LogP contribution in [0.4, 0.5) is 5.82 Å². The molecule has 0 spiro atoms. The Morgan fingerprint density at radius 2 is 2.10 bits per heavy atom. The molecule has 1 aliphatic rings. The first-order chi connectivity index (χ1) is 9.83. The van der Waals surface area contributed by atoms with Crippen molar-refractivity contribution >= 4 is 11.7 Å². The van der Waals surface area contributed by atoms with Gasteiger partial charge in [-0.25, -0.2) is 4.98 Å². The third kappa shape index (κ3) is 3.53. The molecule has 2 heterocycles. The zero-order valence-corrected chi connectivity index (χ0v) is 13.7. The molecule has 0 atom stereocenters. The number of hydrogen-bond donors (Lipinski definition) is 1. The molecule has 0 aliphatic carbocycles. The molecule has 21 heavy (non-hydrogen) atoms. The quantitative estimate of drug-likeness (QED) is 0.925. The molecule has 0 saturated carbocycles. The maximum Gasteiger partial charge on any atom is 0.254 e. The van der Waals surface area contributed by atoms with Crippen molar-refractivity contribution in [1.82, 2.24) is 14.8 Å². The van der Waals surface area contributed by atoms with Gasteiger partial charge in [-0.1, -0.05) is 0 Å². The van der Waals surface area contributed by atoms with Crippen LogP contribution in [0.15, 0.2) is 12.1 Å². The lowest BCUT2D eigenvalue weighted by Gasteiger charge is -2.45. The molecule has 1 aromatic rings. The van der Waals surface area contributed by atoms with E-state index < -0.39 is 0 Å². The van der Waals surface area contributed by atoms with E-state index in [0.717, 1.165) is 43.3 Å². The number of aryl methyl sites for hydroxylation is 1. The van der Waals surface area contributed by atoms with Gasteiger partial charge in [-0.05, 0) is 46.9 Å². The van der Waals surface area contributed by atoms with Crippen LogP contribution in [0.25, 0.3) is 0 Å². The van der Waals surface area contributed by atoms with E-state index in [4.69, 9.17) is 0 Å². The Labute approximate surface area is 127 Å². The Bertz CT molecular complexity index is 527. The average molecular weight is 290 g/mol. The van der Waals surface area contributed by atoms with Crippen molar-refractivity contribution in [2.45, 2.75) is 33.2 Å². The van der Waals surface area contributed by atoms with E-state index in [1.54, 1.807) is 0 Å². The third-order valence-electron chi connectivity index (χ3n) is 4.16. The summed E-state index contributed by atoms with van der Waals surface area (Å²) >= 11 is 0. The minimum atomic E-state index is 0.0144. The number of likely N-dealkylation sites (N-methyl/N-ethyl adjacent to an activating group) is 1. The van der Waals surface area contributed by atoms with Crippen molar-refractivity contribution in [2.24, 2.45) is 0 Å². The van der Waals surface area contributed by atoms with Gasteiger partial charge in [-0.15, -0.1) is 0 Å². The zero-order valence-electron chi connectivity index (χ0n) is 13.7. The second-order valence-electron chi connectivity index (χ2n) is 6.37. The molecule has 1 fully saturated rings. The zero-order chi connectivity index (χ0) is 15.6. The molecule has 1 aromatic heterocycles. The number of hydrogen-bond acceptors (Lipinski definition) is 4. The van der Waals surface area contributed by atoms with Crippen LogP contribution in [0.1, 0.15) is 36.8 Å². The maximum atomic E-state index is 12.8. The summed E-state index contributed by atoms with van der Waals surface area (Å²) in [6.45, 7) is 11.5. The number of amides is 1. The molecule has 1 N–H and O–H groups in total. The molecule has 5 heteroatoms. The van der Waals surface area contributed by atoms with Crippen LogP contribution in [0.3, 0.4) is 0 Å². The Balaban J connectivity index is 2.20. The summed E-state index contributed by atoms with van der Waals surface area (Å²) in [6.07, 6.45) is 0. The van der Waals surface area contributed by atoms with Gasteiger partial charge in [-0.3, -0.25) is 9.69 Å². The molecule has 0 unspecified atom stereocenters. The lowest BCUT2D eigenvalue weighted by Crippen LogP contribution is -2.58. The second kappa shape index (κ2) is 6.02. The summed E-state index contributed by atoms with van der Waals surface area (Å²) in [7, 11) is 2.11. The molecular formula is C16H26N4O. The highest BCUT2D eigenvalue weighted by atomic mass is 16.2. The van der Waals surface area contributed by atoms with Gasteiger partial charge in [0.1, 0.15) is 5.82 Å². The van der Waals surface area contributed by atoms with Crippen LogP contribution in [0.5, 0.6) is 0 Å². The molecule has 1 saturated heterocycles. The van der Waals surface area contributed by atoms with E-state index >= 15 is 0 Å². The van der Waals surface area contributed by atoms with Gasteiger partial charge in [0.15, 0.2) is 0 Å². The second-order valence-corrected chi connectivity index (χ2v) is 6.37. The van der Waals surface area contributed by atoms with Gasteiger partial charge in [0.05, 0.1) is 0 Å². The highest BCUT2D eigenvalue weighted by molar-refractivity contribution is 5.95. The van der Waals surface area contributed by atoms with E-state index in [0.29, 0.717) is 0 Å². The maximum absolute atomic E-state index is 12.8. The number of piperazine rings is 1. The van der Waals surface area contributed by atoms with Gasteiger partial charge in [0.25, 0.3) is 5.91 Å². The largest absolute Gasteiger partial charge is 0.370 e. The smallest absolute Gasteiger partial charge is 0.254 e. The highest BCUT2D eigenvalue weighted by Gasteiger charge is 2.33. The van der Waals surface area contributed by atoms with Gasteiger partial charge in [-0.2, -0.15) is 0 Å². The lowest BCUT2D eigenvalue weighted by molar-refractivity contribution is 0.0311. The summed E-state index contributed by atoms with van der Waals surface area (Å²) < 4.78 is 0. The first-order valence-corrected chi connectivity index (χ1v) is 7.56. The fraction of sp³-hybridized carbons (Fsp3) is 0.625. The van der Waals surface area contributed by atoms with Crippen molar-refractivity contribution < 1.29 is 4.79 Å². The molecule has 5 nitrogen and oxygen atoms in total. The summed E-state index contributed by atoms with van der Waals surface area (Å²) in [6, 6.07) is 3.72. The van der Waals surface area contributed by atoms with Gasteiger partial charge < -0.3 is 10.2 Å². The van der Waals surface area contributed by atoms with Crippen LogP contribution in [-0.4, -0.2) is 59.5 Å². The first kappa shape index (κ1) is 15.8. The Hall–Kier alpha value is -1.62. The van der Waals surface area contributed by atoms with Crippen LogP contribution in [0.2, 0.25) is 0 Å². The fourth-order valence-corrected chi connectivity index (χ4v) is 2.66. The standard InChI is InChI=1S/C16H26N4O/c1-6-17-14-10-13(9-12(2)18-14)15(21)20-8-7-19(5)16(3,4)11-20/h9-10H,6-8,11H2,1-5H3,(H,17,18). The topological polar surface area (TPSA) is 48.5 Å². The van der Waals surface area contributed by atoms with E-state index in [9.17, 15) is 4.79 Å². The van der Waals surface area contributed by atoms with Gasteiger partial charge in [0, 0.05) is 43.0 Å². The van der Waals surface area contributed by atoms with Gasteiger partial charge >= 0.3 is 0 Å². The van der Waals surface area contributed by atoms with Crippen LogP contribution in [0, 0.1) is 6.92 Å². The van der Waals surface area contributed by atoms with Crippen molar-refractivity contribution in [1.29, 1.82) is 0 Å². The minimum Gasteiger partial charge on any atom is -0.370 e. The Kier molecular flexibility index (Phi) is 4.52. The number of carbonyl (C=O) groups excluding carboxylic acids is 1. The normalized spacial score (nSPS) is 18.6. The lowest BCUT2D eigenvalue weighted by atomic mass is 9.99. The number of nitrogens with one attached hydrogen (secondary N) is 1. The van der Waals surface area contributed by atoms with Crippen molar-refractivity contribution in [2.75, 3.05) is 38.5 Å². The number of aromatic nitrogens is 1. The van der Waals surface area contributed by atoms with Crippen molar-refractivity contribution in [3.05, 3.63) is 23.4 Å². The highest BCUT2D eigenvalue weighted by Crippen LogP contribution is 2.21. The van der Waals surface area contributed by atoms with Crippen LogP contribution >= 0.6 is 0 Å². The molecule has 0 bridgehead atoms. The molecule has 0 radical (unpaired) electrons. The molecule has 0 aromatic carbocycles. The van der Waals surface area contributed by atoms with Crippen molar-refractivity contribution in [3.63, 3.8) is 0 Å². The summed E-state index contributed by atoms with van der Waals surface area (Å²) in [5.41, 5.74) is 1.60. The molecule has 1 aliphatic heterocycles. The number of nitrogens with zero attached hydrogens (tertiary/aromatic N) is 3. The molecule has 2 rings (SSSR count). The predicted octanol–water partition coefficient (Wildman–Crippen LogP) is 1.99. The molecule has 1 amide bonds. The summed E-state index contributed by atoms with van der Waals surface area (Å²) in [5, 5.41) is 3.18. The average Bonchev–Trinajstić information content (AvgIpc) is 2.40. The third-order valence-corrected chi connectivity index (χ3v) is 4.16. The fourth-order valence-electron chi connectivity index (χ4n) is 2.66. The molecular weight excluding hydrogens is 264 g/mol. The van der Waals surface area contributed by atoms with E-state index in [1.165, 1.54) is 0 Å². The van der Waals surface area contributed by atoms with Crippen LogP contribution < -0.4 is 5.32 Å². The number of carbonyl (C=O) groups is 1. The van der Waals surface area contributed by atoms with E-state index in [2.05, 4.69) is 36.1 Å². The van der Waals surface area contributed by atoms with E-state index in [-0.39, 0.29) is 11.4 Å². The van der Waals surface area contributed by atoms with Crippen molar-refractivity contribution in [3.8, 4) is 0 Å². The minimum absolute atomic E-state index is 0.0144. The first-order valence-electron chi connectivity index (χ1n) is 7.56. The number of anilines is 1. The van der Waals surface area contributed by atoms with Gasteiger partial charge in [0.2, 0.25) is 0 Å². The number of pyridine rings is 1. The van der Waals surface area contributed by atoms with Crippen LogP contribution in [-0.2, 0) is 0 Å². The molecule has 116 valence electrons. The SMILES string of the molecule is CCNc1cc(C(=O)N2CCN(C)C(C)(C)C2)cc(C)n1. The summed E-state index contributed by atoms with van der Waals surface area (Å²) in [4.78, 5) is 21.4. The Morgan fingerprint density at radius 3 is 2.71 bits per heavy atom. The monoisotopic (exact) mass is 290 g/mol. The number of rotatable bonds is 3.